The fraction of sp³-hybridized carbons (Fsp3) is 0.556. The second kappa shape index (κ2) is 8.95. The van der Waals surface area contributed by atoms with Gasteiger partial charge in [0, 0.05) is 30.9 Å². The van der Waals surface area contributed by atoms with Crippen molar-refractivity contribution in [3.63, 3.8) is 0 Å². The third-order valence-corrected chi connectivity index (χ3v) is 8.57. The summed E-state index contributed by atoms with van der Waals surface area (Å²) in [5.41, 5.74) is 2.28. The highest BCUT2D eigenvalue weighted by atomic mass is 16.5. The van der Waals surface area contributed by atoms with Crippen LogP contribution >= 0.6 is 0 Å². The molecule has 5 heterocycles. The Labute approximate surface area is 215 Å². The average Bonchev–Trinajstić information content (AvgIpc) is 3.63. The molecule has 4 aliphatic rings. The van der Waals surface area contributed by atoms with Crippen molar-refractivity contribution in [1.82, 2.24) is 19.7 Å². The molecule has 37 heavy (non-hydrogen) atoms. The van der Waals surface area contributed by atoms with E-state index in [1.54, 1.807) is 12.1 Å². The minimum absolute atomic E-state index is 0.0730. The molecule has 7 rings (SSSR count). The van der Waals surface area contributed by atoms with Crippen molar-refractivity contribution < 1.29 is 19.4 Å². The van der Waals surface area contributed by atoms with E-state index in [0.29, 0.717) is 11.5 Å². The minimum Gasteiger partial charge on any atom is -0.465 e. The highest BCUT2D eigenvalue weighted by molar-refractivity contribution is 5.89. The van der Waals surface area contributed by atoms with Crippen LogP contribution in [0.15, 0.2) is 30.5 Å². The Morgan fingerprint density at radius 2 is 1.78 bits per heavy atom. The van der Waals surface area contributed by atoms with E-state index < -0.39 is 6.09 Å². The van der Waals surface area contributed by atoms with Crippen molar-refractivity contribution >= 4 is 28.6 Å². The van der Waals surface area contributed by atoms with E-state index in [1.165, 1.54) is 6.42 Å². The summed E-state index contributed by atoms with van der Waals surface area (Å²) in [6, 6.07) is 7.49. The maximum absolute atomic E-state index is 11.0. The zero-order valence-corrected chi connectivity index (χ0v) is 20.8. The van der Waals surface area contributed by atoms with Gasteiger partial charge in [0.15, 0.2) is 11.5 Å². The summed E-state index contributed by atoms with van der Waals surface area (Å²) in [5.74, 6) is 1.53. The zero-order valence-electron chi connectivity index (χ0n) is 20.8. The van der Waals surface area contributed by atoms with Crippen LogP contribution in [-0.2, 0) is 9.47 Å². The van der Waals surface area contributed by atoms with Gasteiger partial charge in [0.05, 0.1) is 35.4 Å². The van der Waals surface area contributed by atoms with Gasteiger partial charge in [0.25, 0.3) is 0 Å². The van der Waals surface area contributed by atoms with Gasteiger partial charge in [-0.1, -0.05) is 0 Å². The number of benzene rings is 1. The molecule has 10 heteroatoms. The van der Waals surface area contributed by atoms with Crippen LogP contribution in [0.3, 0.4) is 0 Å². The normalized spacial score (nSPS) is 29.3. The van der Waals surface area contributed by atoms with Gasteiger partial charge in [-0.2, -0.15) is 5.10 Å². The Morgan fingerprint density at radius 3 is 2.46 bits per heavy atom. The molecule has 3 aliphatic heterocycles. The average molecular weight is 505 g/mol. The molecular weight excluding hydrogens is 472 g/mol. The van der Waals surface area contributed by atoms with Crippen molar-refractivity contribution in [1.29, 1.82) is 0 Å². The van der Waals surface area contributed by atoms with E-state index in [-0.39, 0.29) is 23.9 Å². The molecule has 2 aromatic heterocycles. The summed E-state index contributed by atoms with van der Waals surface area (Å²) >= 11 is 0. The van der Waals surface area contributed by atoms with E-state index in [4.69, 9.17) is 29.6 Å². The van der Waals surface area contributed by atoms with E-state index >= 15 is 0 Å². The lowest BCUT2D eigenvalue weighted by Crippen LogP contribution is -2.43. The summed E-state index contributed by atoms with van der Waals surface area (Å²) in [7, 11) is 0. The third kappa shape index (κ3) is 4.21. The van der Waals surface area contributed by atoms with Crippen molar-refractivity contribution in [3.05, 3.63) is 30.5 Å². The fourth-order valence-electron chi connectivity index (χ4n) is 6.68. The van der Waals surface area contributed by atoms with E-state index in [2.05, 4.69) is 14.9 Å². The second-order valence-electron chi connectivity index (χ2n) is 10.9. The number of fused-ring (bicyclic) bond motifs is 3. The van der Waals surface area contributed by atoms with Crippen LogP contribution in [0.2, 0.25) is 0 Å². The summed E-state index contributed by atoms with van der Waals surface area (Å²) in [4.78, 5) is 23.4. The molecule has 3 saturated heterocycles. The van der Waals surface area contributed by atoms with Crippen LogP contribution in [0.5, 0.6) is 0 Å². The predicted octanol–water partition coefficient (Wildman–Crippen LogP) is 4.62. The van der Waals surface area contributed by atoms with Crippen LogP contribution in [0, 0.1) is 0 Å². The van der Waals surface area contributed by atoms with Gasteiger partial charge in [-0.25, -0.2) is 19.4 Å². The first-order chi connectivity index (χ1) is 18.1. The lowest BCUT2D eigenvalue weighted by molar-refractivity contribution is -0.0337. The Bertz CT molecular complexity index is 1300. The van der Waals surface area contributed by atoms with Gasteiger partial charge >= 0.3 is 6.09 Å². The number of carboxylic acid groups (broad SMARTS) is 1. The summed E-state index contributed by atoms with van der Waals surface area (Å²) in [6.45, 7) is 2.52. The van der Waals surface area contributed by atoms with Crippen LogP contribution in [0.1, 0.15) is 57.4 Å². The van der Waals surface area contributed by atoms with E-state index in [1.807, 2.05) is 18.3 Å². The number of anilines is 2. The van der Waals surface area contributed by atoms with Gasteiger partial charge in [-0.3, -0.25) is 5.32 Å². The highest BCUT2D eigenvalue weighted by Gasteiger charge is 2.40. The van der Waals surface area contributed by atoms with Crippen molar-refractivity contribution in [3.8, 4) is 11.4 Å². The topological polar surface area (TPSA) is 115 Å². The van der Waals surface area contributed by atoms with Crippen molar-refractivity contribution in [2.45, 2.75) is 75.2 Å². The molecular formula is C27H32N6O4. The van der Waals surface area contributed by atoms with Gasteiger partial charge in [0.1, 0.15) is 5.82 Å². The number of hydrogen-bond acceptors (Lipinski definition) is 7. The van der Waals surface area contributed by atoms with Gasteiger partial charge < -0.3 is 19.5 Å². The smallest absolute Gasteiger partial charge is 0.409 e. The quantitative estimate of drug-likeness (QED) is 0.529. The largest absolute Gasteiger partial charge is 0.465 e. The lowest BCUT2D eigenvalue weighted by atomic mass is 9.80. The molecule has 1 aliphatic carbocycles. The van der Waals surface area contributed by atoms with Crippen molar-refractivity contribution in [2.24, 2.45) is 0 Å². The molecule has 2 bridgehead atoms. The third-order valence-electron chi connectivity index (χ3n) is 8.57. The number of nitrogens with one attached hydrogen (secondary N) is 1. The molecule has 10 nitrogen and oxygen atoms in total. The molecule has 2 unspecified atom stereocenters. The molecule has 2 atom stereocenters. The number of nitrogens with zero attached hydrogens (tertiary/aromatic N) is 5. The maximum Gasteiger partial charge on any atom is 0.409 e. The Balaban J connectivity index is 1.27. The molecule has 4 fully saturated rings. The number of aromatic nitrogens is 4. The monoisotopic (exact) mass is 504 g/mol. The lowest BCUT2D eigenvalue weighted by Gasteiger charge is -2.36. The molecule has 0 radical (unpaired) electrons. The van der Waals surface area contributed by atoms with Crippen LogP contribution < -0.4 is 10.2 Å². The SMILES string of the molecule is O=C(O)Nc1ccc(-c2nc(N3CC4CCC(C3)O4)c3cnn([C@H]4CC[C@@]5(CCCO5)CC4)c3n2)cc1. The number of amides is 1. The van der Waals surface area contributed by atoms with Crippen LogP contribution in [0.4, 0.5) is 16.3 Å². The number of hydrogen-bond donors (Lipinski definition) is 2. The van der Waals surface area contributed by atoms with E-state index in [0.717, 1.165) is 87.1 Å². The summed E-state index contributed by atoms with van der Waals surface area (Å²) < 4.78 is 14.4. The van der Waals surface area contributed by atoms with Crippen LogP contribution in [0.25, 0.3) is 22.4 Å². The molecule has 1 aromatic carbocycles. The standard InChI is InChI=1S/C27H32N6O4/c34-26(35)29-18-4-2-17(3-5-18)23-30-24(32-15-20-6-7-21(16-32)37-20)22-14-28-33(25(22)31-23)19-8-11-27(12-9-19)10-1-13-36-27/h2-5,14,19-21,29H,1,6-13,15-16H2,(H,34,35)/t19-,20?,21?,27-. The molecule has 1 spiro atoms. The van der Waals surface area contributed by atoms with E-state index in [9.17, 15) is 4.79 Å². The minimum atomic E-state index is -1.09. The highest BCUT2D eigenvalue weighted by Crippen LogP contribution is 2.44. The van der Waals surface area contributed by atoms with Crippen molar-refractivity contribution in [2.75, 3.05) is 29.9 Å². The first kappa shape index (κ1) is 22.9. The predicted molar refractivity (Wildman–Crippen MR) is 138 cm³/mol. The summed E-state index contributed by atoms with van der Waals surface area (Å²) in [5, 5.41) is 17.3. The van der Waals surface area contributed by atoms with Gasteiger partial charge in [-0.05, 0) is 75.6 Å². The van der Waals surface area contributed by atoms with Gasteiger partial charge in [0.2, 0.25) is 0 Å². The fourth-order valence-corrected chi connectivity index (χ4v) is 6.68. The molecule has 3 aromatic rings. The first-order valence-corrected chi connectivity index (χ1v) is 13.5. The number of rotatable bonds is 4. The molecule has 1 saturated carbocycles. The Morgan fingerprint density at radius 1 is 1.03 bits per heavy atom. The van der Waals surface area contributed by atoms with Gasteiger partial charge in [-0.15, -0.1) is 0 Å². The molecule has 194 valence electrons. The Kier molecular flexibility index (Phi) is 5.54. The summed E-state index contributed by atoms with van der Waals surface area (Å²) in [6.07, 6.45) is 10.0. The molecule has 1 amide bonds. The number of ether oxygens (including phenoxy) is 2. The number of morpholine rings is 1. The first-order valence-electron chi connectivity index (χ1n) is 13.5. The van der Waals surface area contributed by atoms with Crippen LogP contribution in [-0.4, -0.2) is 68.5 Å². The second-order valence-corrected chi connectivity index (χ2v) is 10.9. The Hall–Kier alpha value is -3.24. The number of carbonyl (C=O) groups is 1. The molecule has 2 N–H and O–H groups in total. The zero-order chi connectivity index (χ0) is 25.0. The maximum atomic E-state index is 11.0.